The third-order valence-corrected chi connectivity index (χ3v) is 7.99. The molecule has 3 N–H and O–H groups in total. The Labute approximate surface area is 213 Å². The van der Waals surface area contributed by atoms with Crippen molar-refractivity contribution in [3.05, 3.63) is 41.3 Å². The first-order chi connectivity index (χ1) is 17.5. The first-order valence-electron chi connectivity index (χ1n) is 11.9. The molecule has 1 aromatic heterocycles. The van der Waals surface area contributed by atoms with Crippen LogP contribution in [0.5, 0.6) is 17.2 Å². The molecular weight excluding hydrogens is 480 g/mol. The maximum Gasteiger partial charge on any atom is 0.323 e. The van der Waals surface area contributed by atoms with E-state index in [1.54, 1.807) is 12.1 Å². The molecule has 2 bridgehead atoms. The number of carbonyl (C=O) groups is 2. The highest BCUT2D eigenvalue weighted by atomic mass is 32.1. The van der Waals surface area contributed by atoms with E-state index in [4.69, 9.17) is 14.2 Å². The number of ether oxygens (including phenoxy) is 3. The van der Waals surface area contributed by atoms with Crippen molar-refractivity contribution in [2.75, 3.05) is 51.6 Å². The molecule has 3 aromatic rings. The SMILES string of the molecule is COc1cc(NC(=O)Nc2ccc3cc(C(=O)NC4CN5CCC4CC5)sc3c2)cc(OC)c1OC. The van der Waals surface area contributed by atoms with E-state index in [0.29, 0.717) is 39.4 Å². The van der Waals surface area contributed by atoms with Crippen molar-refractivity contribution in [2.24, 2.45) is 5.92 Å². The van der Waals surface area contributed by atoms with Gasteiger partial charge < -0.3 is 35.1 Å². The van der Waals surface area contributed by atoms with Crippen LogP contribution in [-0.4, -0.2) is 63.8 Å². The number of thiophene rings is 1. The van der Waals surface area contributed by atoms with Gasteiger partial charge in [-0.15, -0.1) is 11.3 Å². The van der Waals surface area contributed by atoms with Gasteiger partial charge >= 0.3 is 6.03 Å². The highest BCUT2D eigenvalue weighted by Crippen LogP contribution is 2.40. The zero-order valence-electron chi connectivity index (χ0n) is 20.6. The van der Waals surface area contributed by atoms with Crippen LogP contribution in [0.1, 0.15) is 22.5 Å². The molecule has 6 rings (SSSR count). The molecule has 36 heavy (non-hydrogen) atoms. The van der Waals surface area contributed by atoms with Crippen molar-refractivity contribution in [3.8, 4) is 17.2 Å². The fraction of sp³-hybridized carbons (Fsp3) is 0.385. The topological polar surface area (TPSA) is 101 Å². The summed E-state index contributed by atoms with van der Waals surface area (Å²) in [4.78, 5) is 28.7. The second kappa shape index (κ2) is 10.2. The Balaban J connectivity index is 1.25. The van der Waals surface area contributed by atoms with Crippen molar-refractivity contribution in [1.29, 1.82) is 0 Å². The number of urea groups is 1. The highest BCUT2D eigenvalue weighted by Gasteiger charge is 2.35. The van der Waals surface area contributed by atoms with E-state index in [1.165, 1.54) is 32.7 Å². The first kappa shape index (κ1) is 24.2. The zero-order chi connectivity index (χ0) is 25.2. The number of methoxy groups -OCH3 is 3. The number of nitrogens with zero attached hydrogens (tertiary/aromatic N) is 1. The molecule has 0 radical (unpaired) electrons. The normalized spacial score (nSPS) is 20.6. The number of anilines is 2. The molecule has 3 aliphatic heterocycles. The van der Waals surface area contributed by atoms with Crippen LogP contribution in [-0.2, 0) is 0 Å². The van der Waals surface area contributed by atoms with Gasteiger partial charge in [-0.1, -0.05) is 6.07 Å². The Morgan fingerprint density at radius 2 is 1.61 bits per heavy atom. The van der Waals surface area contributed by atoms with Gasteiger partial charge in [0.2, 0.25) is 5.75 Å². The number of benzene rings is 2. The second-order valence-electron chi connectivity index (χ2n) is 9.07. The quantitative estimate of drug-likeness (QED) is 0.436. The Hall–Kier alpha value is -3.50. The van der Waals surface area contributed by atoms with Crippen molar-refractivity contribution >= 4 is 44.7 Å². The Morgan fingerprint density at radius 1 is 0.917 bits per heavy atom. The second-order valence-corrected chi connectivity index (χ2v) is 10.2. The summed E-state index contributed by atoms with van der Waals surface area (Å²) in [6.45, 7) is 3.22. The Bertz CT molecular complexity index is 1260. The molecule has 0 aliphatic carbocycles. The predicted octanol–water partition coefficient (Wildman–Crippen LogP) is 4.40. The van der Waals surface area contributed by atoms with Crippen LogP contribution in [0.2, 0.25) is 0 Å². The molecule has 3 fully saturated rings. The molecule has 3 amide bonds. The Morgan fingerprint density at radius 3 is 2.22 bits per heavy atom. The van der Waals surface area contributed by atoms with E-state index in [1.807, 2.05) is 24.3 Å². The summed E-state index contributed by atoms with van der Waals surface area (Å²) in [5.74, 6) is 1.88. The smallest absolute Gasteiger partial charge is 0.323 e. The van der Waals surface area contributed by atoms with Gasteiger partial charge in [-0.3, -0.25) is 4.79 Å². The number of hydrogen-bond acceptors (Lipinski definition) is 7. The van der Waals surface area contributed by atoms with Gasteiger partial charge in [0.25, 0.3) is 5.91 Å². The molecule has 3 saturated heterocycles. The van der Waals surface area contributed by atoms with Gasteiger partial charge in [-0.05, 0) is 55.4 Å². The van der Waals surface area contributed by atoms with Crippen LogP contribution in [0.3, 0.4) is 0 Å². The number of piperidine rings is 3. The van der Waals surface area contributed by atoms with E-state index < -0.39 is 6.03 Å². The van der Waals surface area contributed by atoms with Crippen LogP contribution in [0.25, 0.3) is 10.1 Å². The number of carbonyl (C=O) groups excluding carboxylic acids is 2. The van der Waals surface area contributed by atoms with Crippen molar-refractivity contribution in [1.82, 2.24) is 10.2 Å². The molecule has 1 atom stereocenters. The van der Waals surface area contributed by atoms with Crippen LogP contribution >= 0.6 is 11.3 Å². The maximum absolute atomic E-state index is 12.9. The average Bonchev–Trinajstić information content (AvgIpc) is 3.32. The lowest BCUT2D eigenvalue weighted by molar-refractivity contribution is 0.0622. The standard InChI is InChI=1S/C26H30N4O5S/c1-33-20-11-18(12-21(34-2)24(20)35-3)28-26(32)27-17-5-4-16-10-23(36-22(16)13-17)25(31)29-19-14-30-8-6-15(19)7-9-30/h4-5,10-13,15,19H,6-9,14H2,1-3H3,(H,29,31)(H2,27,28,32). The van der Waals surface area contributed by atoms with Crippen LogP contribution in [0, 0.1) is 5.92 Å². The van der Waals surface area contributed by atoms with Crippen LogP contribution in [0.4, 0.5) is 16.2 Å². The van der Waals surface area contributed by atoms with Gasteiger partial charge in [-0.25, -0.2) is 4.79 Å². The summed E-state index contributed by atoms with van der Waals surface area (Å²) < 4.78 is 16.9. The molecular formula is C26H30N4O5S. The molecule has 2 aromatic carbocycles. The van der Waals surface area contributed by atoms with E-state index in [0.717, 1.165) is 42.6 Å². The largest absolute Gasteiger partial charge is 0.493 e. The number of fused-ring (bicyclic) bond motifs is 4. The van der Waals surface area contributed by atoms with Gasteiger partial charge in [0, 0.05) is 35.1 Å². The number of nitrogens with one attached hydrogen (secondary N) is 3. The monoisotopic (exact) mass is 510 g/mol. The summed E-state index contributed by atoms with van der Waals surface area (Å²) in [6.07, 6.45) is 2.31. The van der Waals surface area contributed by atoms with Gasteiger partial charge in [0.1, 0.15) is 0 Å². The van der Waals surface area contributed by atoms with Gasteiger partial charge in [0.05, 0.1) is 31.9 Å². The predicted molar refractivity (Wildman–Crippen MR) is 141 cm³/mol. The van der Waals surface area contributed by atoms with Crippen LogP contribution in [0.15, 0.2) is 36.4 Å². The number of rotatable bonds is 7. The summed E-state index contributed by atoms with van der Waals surface area (Å²) in [6, 6.07) is 10.6. The molecule has 0 saturated carbocycles. The van der Waals surface area contributed by atoms with Crippen molar-refractivity contribution in [2.45, 2.75) is 18.9 Å². The van der Waals surface area contributed by atoms with Gasteiger partial charge in [-0.2, -0.15) is 0 Å². The maximum atomic E-state index is 12.9. The van der Waals surface area contributed by atoms with E-state index in [-0.39, 0.29) is 11.9 Å². The van der Waals surface area contributed by atoms with Crippen molar-refractivity contribution < 1.29 is 23.8 Å². The number of amides is 3. The summed E-state index contributed by atoms with van der Waals surface area (Å²) >= 11 is 1.43. The minimum Gasteiger partial charge on any atom is -0.493 e. The van der Waals surface area contributed by atoms with E-state index in [9.17, 15) is 9.59 Å². The third kappa shape index (κ3) is 4.91. The van der Waals surface area contributed by atoms with E-state index >= 15 is 0 Å². The third-order valence-electron chi connectivity index (χ3n) is 6.90. The Kier molecular flexibility index (Phi) is 6.88. The molecule has 1 unspecified atom stereocenters. The number of hydrogen-bond donors (Lipinski definition) is 3. The van der Waals surface area contributed by atoms with E-state index in [2.05, 4.69) is 20.9 Å². The minimum atomic E-state index is -0.416. The fourth-order valence-corrected chi connectivity index (χ4v) is 6.04. The highest BCUT2D eigenvalue weighted by molar-refractivity contribution is 7.20. The fourth-order valence-electron chi connectivity index (χ4n) is 5.04. The molecule has 10 heteroatoms. The lowest BCUT2D eigenvalue weighted by Gasteiger charge is -2.44. The molecule has 0 spiro atoms. The summed E-state index contributed by atoms with van der Waals surface area (Å²) in [5, 5.41) is 9.85. The summed E-state index contributed by atoms with van der Waals surface area (Å²) in [7, 11) is 4.56. The molecule has 9 nitrogen and oxygen atoms in total. The molecule has 4 heterocycles. The lowest BCUT2D eigenvalue weighted by atomic mass is 9.84. The summed E-state index contributed by atoms with van der Waals surface area (Å²) in [5.41, 5.74) is 1.12. The zero-order valence-corrected chi connectivity index (χ0v) is 21.4. The average molecular weight is 511 g/mol. The van der Waals surface area contributed by atoms with Crippen LogP contribution < -0.4 is 30.2 Å². The van der Waals surface area contributed by atoms with Crippen molar-refractivity contribution in [3.63, 3.8) is 0 Å². The lowest BCUT2D eigenvalue weighted by Crippen LogP contribution is -2.57. The molecule has 190 valence electrons. The van der Waals surface area contributed by atoms with Gasteiger partial charge in [0.15, 0.2) is 11.5 Å². The minimum absolute atomic E-state index is 0.0235. The first-order valence-corrected chi connectivity index (χ1v) is 12.7. The molecule has 3 aliphatic rings.